The third-order valence-electron chi connectivity index (χ3n) is 3.73. The molecule has 3 aromatic rings. The summed E-state index contributed by atoms with van der Waals surface area (Å²) < 4.78 is 3.52. The van der Waals surface area contributed by atoms with E-state index < -0.39 is 0 Å². The van der Waals surface area contributed by atoms with Gasteiger partial charge >= 0.3 is 0 Å². The van der Waals surface area contributed by atoms with Gasteiger partial charge < -0.3 is 4.57 Å². The highest BCUT2D eigenvalue weighted by atomic mass is 32.2. The fraction of sp³-hybridized carbons (Fsp3) is 0.294. The van der Waals surface area contributed by atoms with Crippen LogP contribution in [-0.2, 0) is 7.05 Å². The first-order valence-electron chi connectivity index (χ1n) is 7.71. The van der Waals surface area contributed by atoms with Crippen LogP contribution in [0, 0.1) is 0 Å². The molecule has 0 N–H and O–H groups in total. The predicted molar refractivity (Wildman–Crippen MR) is 93.7 cm³/mol. The number of hydrogen-bond donors (Lipinski definition) is 0. The van der Waals surface area contributed by atoms with E-state index in [9.17, 15) is 4.79 Å². The maximum Gasteiger partial charge on any atom is 0.214 e. The minimum Gasteiger partial charge on any atom is -0.357 e. The Balaban J connectivity index is 1.72. The van der Waals surface area contributed by atoms with E-state index in [0.717, 1.165) is 5.69 Å². The van der Waals surface area contributed by atoms with Gasteiger partial charge in [0.15, 0.2) is 5.78 Å². The van der Waals surface area contributed by atoms with Crippen molar-refractivity contribution in [2.45, 2.75) is 24.9 Å². The van der Waals surface area contributed by atoms with Gasteiger partial charge in [0.25, 0.3) is 0 Å². The molecule has 6 nitrogen and oxygen atoms in total. The van der Waals surface area contributed by atoms with Gasteiger partial charge in [-0.25, -0.2) is 0 Å². The van der Waals surface area contributed by atoms with E-state index in [1.54, 1.807) is 4.68 Å². The van der Waals surface area contributed by atoms with Crippen molar-refractivity contribution >= 4 is 17.5 Å². The molecule has 0 bridgehead atoms. The van der Waals surface area contributed by atoms with Crippen LogP contribution in [0.3, 0.4) is 0 Å². The zero-order chi connectivity index (χ0) is 17.1. The van der Waals surface area contributed by atoms with Gasteiger partial charge in [-0.1, -0.05) is 37.7 Å². The van der Waals surface area contributed by atoms with Crippen molar-refractivity contribution in [1.29, 1.82) is 0 Å². The molecule has 0 unspecified atom stereocenters. The first-order valence-corrected chi connectivity index (χ1v) is 8.70. The van der Waals surface area contributed by atoms with Crippen LogP contribution in [0.2, 0.25) is 0 Å². The standard InChI is InChI=1S/C17H19N5OS/c1-12(2)13-4-6-15(7-5-13)22-17(18-19-20-22)24-11-16(23)14-8-9-21(3)10-14/h4-10,12H,11H2,1-3H3. The molecule has 2 heterocycles. The molecule has 0 spiro atoms. The Morgan fingerprint density at radius 3 is 2.58 bits per heavy atom. The minimum absolute atomic E-state index is 0.0605. The second-order valence-corrected chi connectivity index (χ2v) is 6.84. The van der Waals surface area contributed by atoms with Crippen LogP contribution in [0.1, 0.15) is 35.7 Å². The second-order valence-electron chi connectivity index (χ2n) is 5.90. The van der Waals surface area contributed by atoms with Gasteiger partial charge in [-0.3, -0.25) is 4.79 Å². The lowest BCUT2D eigenvalue weighted by Gasteiger charge is -2.07. The second kappa shape index (κ2) is 7.00. The number of nitrogens with zero attached hydrogens (tertiary/aromatic N) is 5. The lowest BCUT2D eigenvalue weighted by molar-refractivity contribution is 0.102. The van der Waals surface area contributed by atoms with Crippen LogP contribution in [0.5, 0.6) is 0 Å². The molecule has 0 atom stereocenters. The largest absolute Gasteiger partial charge is 0.357 e. The maximum atomic E-state index is 12.2. The first-order chi connectivity index (χ1) is 11.5. The molecule has 0 saturated carbocycles. The van der Waals surface area contributed by atoms with Crippen molar-refractivity contribution in [3.05, 3.63) is 53.9 Å². The van der Waals surface area contributed by atoms with Gasteiger partial charge in [0.2, 0.25) is 5.16 Å². The van der Waals surface area contributed by atoms with Crippen molar-refractivity contribution < 1.29 is 4.79 Å². The Labute approximate surface area is 144 Å². The zero-order valence-corrected chi connectivity index (χ0v) is 14.7. The topological polar surface area (TPSA) is 65.6 Å². The quantitative estimate of drug-likeness (QED) is 0.509. The van der Waals surface area contributed by atoms with Crippen molar-refractivity contribution in [2.24, 2.45) is 7.05 Å². The summed E-state index contributed by atoms with van der Waals surface area (Å²) in [6, 6.07) is 9.95. The summed E-state index contributed by atoms with van der Waals surface area (Å²) in [4.78, 5) is 12.2. The van der Waals surface area contributed by atoms with Crippen LogP contribution in [-0.4, -0.2) is 36.3 Å². The summed E-state index contributed by atoms with van der Waals surface area (Å²) in [6.45, 7) is 4.31. The van der Waals surface area contributed by atoms with Crippen LogP contribution in [0.4, 0.5) is 0 Å². The number of carbonyl (C=O) groups excluding carboxylic acids is 1. The number of benzene rings is 1. The minimum atomic E-state index is 0.0605. The van der Waals surface area contributed by atoms with E-state index in [1.807, 2.05) is 42.2 Å². The molecular formula is C17H19N5OS. The Hall–Kier alpha value is -2.41. The van der Waals surface area contributed by atoms with Gasteiger partial charge in [0, 0.05) is 25.0 Å². The summed E-state index contributed by atoms with van der Waals surface area (Å²) in [7, 11) is 1.89. The zero-order valence-electron chi connectivity index (χ0n) is 13.9. The van der Waals surface area contributed by atoms with Crippen LogP contribution in [0.15, 0.2) is 47.9 Å². The van der Waals surface area contributed by atoms with Gasteiger partial charge in [-0.2, -0.15) is 4.68 Å². The summed E-state index contributed by atoms with van der Waals surface area (Å²) in [5, 5.41) is 12.4. The van der Waals surface area contributed by atoms with Gasteiger partial charge in [-0.15, -0.1) is 5.10 Å². The Morgan fingerprint density at radius 1 is 1.21 bits per heavy atom. The SMILES string of the molecule is CC(C)c1ccc(-n2nnnc2SCC(=O)c2ccn(C)c2)cc1. The molecule has 7 heteroatoms. The molecule has 3 rings (SSSR count). The molecule has 1 aromatic carbocycles. The molecule has 0 aliphatic heterocycles. The van der Waals surface area contributed by atoms with Gasteiger partial charge in [-0.05, 0) is 40.1 Å². The fourth-order valence-electron chi connectivity index (χ4n) is 2.31. The van der Waals surface area contributed by atoms with E-state index in [4.69, 9.17) is 0 Å². The highest BCUT2D eigenvalue weighted by Gasteiger charge is 2.13. The van der Waals surface area contributed by atoms with E-state index in [1.165, 1.54) is 17.3 Å². The van der Waals surface area contributed by atoms with E-state index >= 15 is 0 Å². The van der Waals surface area contributed by atoms with Crippen molar-refractivity contribution in [2.75, 3.05) is 5.75 Å². The lowest BCUT2D eigenvalue weighted by atomic mass is 10.0. The molecule has 0 fully saturated rings. The normalized spacial score (nSPS) is 11.2. The highest BCUT2D eigenvalue weighted by Crippen LogP contribution is 2.21. The number of aromatic nitrogens is 5. The average molecular weight is 341 g/mol. The molecule has 0 radical (unpaired) electrons. The molecule has 2 aromatic heterocycles. The Kier molecular flexibility index (Phi) is 4.80. The Morgan fingerprint density at radius 2 is 1.96 bits per heavy atom. The molecule has 0 saturated heterocycles. The number of carbonyl (C=O) groups is 1. The smallest absolute Gasteiger partial charge is 0.214 e. The van der Waals surface area contributed by atoms with Crippen LogP contribution >= 0.6 is 11.8 Å². The molecule has 0 aliphatic carbocycles. The summed E-state index contributed by atoms with van der Waals surface area (Å²) in [5.74, 6) is 0.838. The van der Waals surface area contributed by atoms with E-state index in [2.05, 4.69) is 41.5 Å². The number of ketones is 1. The summed E-state index contributed by atoms with van der Waals surface area (Å²) >= 11 is 1.34. The lowest BCUT2D eigenvalue weighted by Crippen LogP contribution is -2.04. The Bertz CT molecular complexity index is 835. The predicted octanol–water partition coefficient (Wildman–Crippen LogP) is 3.10. The number of aryl methyl sites for hydroxylation is 1. The number of rotatable bonds is 6. The molecule has 24 heavy (non-hydrogen) atoms. The third-order valence-corrected chi connectivity index (χ3v) is 4.65. The average Bonchev–Trinajstić information content (AvgIpc) is 3.21. The van der Waals surface area contributed by atoms with Gasteiger partial charge in [0.1, 0.15) is 0 Å². The van der Waals surface area contributed by atoms with E-state index in [-0.39, 0.29) is 5.78 Å². The summed E-state index contributed by atoms with van der Waals surface area (Å²) in [5.41, 5.74) is 2.85. The van der Waals surface area contributed by atoms with Crippen LogP contribution in [0.25, 0.3) is 5.69 Å². The number of thioether (sulfide) groups is 1. The molecule has 124 valence electrons. The van der Waals surface area contributed by atoms with Crippen molar-refractivity contribution in [3.8, 4) is 5.69 Å². The number of Topliss-reactive ketones (excluding diaryl/α,β-unsaturated/α-hetero) is 1. The van der Waals surface area contributed by atoms with Crippen LogP contribution < -0.4 is 0 Å². The van der Waals surface area contributed by atoms with Crippen molar-refractivity contribution in [3.63, 3.8) is 0 Å². The molecular weight excluding hydrogens is 322 g/mol. The monoisotopic (exact) mass is 341 g/mol. The molecule has 0 amide bonds. The van der Waals surface area contributed by atoms with Gasteiger partial charge in [0.05, 0.1) is 11.4 Å². The first kappa shape index (κ1) is 16.4. The molecule has 0 aliphatic rings. The number of tetrazole rings is 1. The van der Waals surface area contributed by atoms with Crippen molar-refractivity contribution in [1.82, 2.24) is 24.8 Å². The highest BCUT2D eigenvalue weighted by molar-refractivity contribution is 7.99. The van der Waals surface area contributed by atoms with E-state index in [0.29, 0.717) is 22.4 Å². The fourth-order valence-corrected chi connectivity index (χ4v) is 3.10. The third kappa shape index (κ3) is 3.56. The maximum absolute atomic E-state index is 12.2. The summed E-state index contributed by atoms with van der Waals surface area (Å²) in [6.07, 6.45) is 3.68. The number of hydrogen-bond acceptors (Lipinski definition) is 5.